The first-order chi connectivity index (χ1) is 8.60. The third-order valence-corrected chi connectivity index (χ3v) is 3.04. The van der Waals surface area contributed by atoms with Crippen LogP contribution in [0.25, 0.3) is 0 Å². The third-order valence-electron chi connectivity index (χ3n) is 3.04. The van der Waals surface area contributed by atoms with E-state index in [0.717, 1.165) is 30.9 Å². The van der Waals surface area contributed by atoms with E-state index in [4.69, 9.17) is 0 Å². The molecule has 0 spiro atoms. The van der Waals surface area contributed by atoms with Gasteiger partial charge in [-0.25, -0.2) is 0 Å². The maximum Gasteiger partial charge on any atom is 0.140 e. The van der Waals surface area contributed by atoms with Crippen molar-refractivity contribution in [2.75, 3.05) is 6.54 Å². The van der Waals surface area contributed by atoms with Crippen molar-refractivity contribution < 1.29 is 4.79 Å². The minimum absolute atomic E-state index is 0.256. The third kappa shape index (κ3) is 4.26. The molecule has 0 radical (unpaired) electrons. The first-order valence-electron chi connectivity index (χ1n) is 6.91. The minimum Gasteiger partial charge on any atom is -0.314 e. The van der Waals surface area contributed by atoms with Gasteiger partial charge in [-0.3, -0.25) is 9.48 Å². The maximum atomic E-state index is 12.0. The van der Waals surface area contributed by atoms with Crippen molar-refractivity contribution in [3.63, 3.8) is 0 Å². The van der Waals surface area contributed by atoms with E-state index in [0.29, 0.717) is 12.8 Å². The largest absolute Gasteiger partial charge is 0.314 e. The van der Waals surface area contributed by atoms with E-state index in [9.17, 15) is 4.79 Å². The molecule has 102 valence electrons. The zero-order chi connectivity index (χ0) is 13.5. The number of nitrogens with zero attached hydrogens (tertiary/aromatic N) is 2. The van der Waals surface area contributed by atoms with Gasteiger partial charge in [-0.2, -0.15) is 5.10 Å². The van der Waals surface area contributed by atoms with Crippen LogP contribution in [0.3, 0.4) is 0 Å². The second kappa shape index (κ2) is 7.31. The molecule has 0 saturated heterocycles. The van der Waals surface area contributed by atoms with Crippen molar-refractivity contribution in [3.8, 4) is 0 Å². The Morgan fingerprint density at radius 1 is 1.44 bits per heavy atom. The number of ketones is 1. The van der Waals surface area contributed by atoms with Gasteiger partial charge in [-0.1, -0.05) is 13.8 Å². The summed E-state index contributed by atoms with van der Waals surface area (Å²) in [4.78, 5) is 12.0. The molecule has 0 bridgehead atoms. The molecule has 0 aliphatic rings. The van der Waals surface area contributed by atoms with Crippen LogP contribution in [0.5, 0.6) is 0 Å². The molecule has 4 nitrogen and oxygen atoms in total. The van der Waals surface area contributed by atoms with Gasteiger partial charge in [0.2, 0.25) is 0 Å². The summed E-state index contributed by atoms with van der Waals surface area (Å²) in [6.07, 6.45) is 2.00. The summed E-state index contributed by atoms with van der Waals surface area (Å²) >= 11 is 0. The number of hydrogen-bond donors (Lipinski definition) is 1. The van der Waals surface area contributed by atoms with Crippen molar-refractivity contribution in [3.05, 3.63) is 17.5 Å². The number of aryl methyl sites for hydroxylation is 2. The van der Waals surface area contributed by atoms with Crippen LogP contribution >= 0.6 is 0 Å². The van der Waals surface area contributed by atoms with Crippen LogP contribution in [-0.4, -0.2) is 28.2 Å². The van der Waals surface area contributed by atoms with Gasteiger partial charge < -0.3 is 5.32 Å². The SMILES string of the molecule is CCNC(C)CC(=O)Cc1cc(CC)nn1CC. The fourth-order valence-corrected chi connectivity index (χ4v) is 2.14. The highest BCUT2D eigenvalue weighted by Gasteiger charge is 2.13. The standard InChI is InChI=1S/C14H25N3O/c1-5-12-9-13(17(7-3)16-12)10-14(18)8-11(4)15-6-2/h9,11,15H,5-8,10H2,1-4H3. The second-order valence-electron chi connectivity index (χ2n) is 4.67. The molecule has 1 atom stereocenters. The van der Waals surface area contributed by atoms with Crippen molar-refractivity contribution in [1.29, 1.82) is 0 Å². The predicted molar refractivity (Wildman–Crippen MR) is 73.7 cm³/mol. The molecule has 1 rings (SSSR count). The molecular weight excluding hydrogens is 226 g/mol. The molecule has 0 aliphatic carbocycles. The Kier molecular flexibility index (Phi) is 6.05. The summed E-state index contributed by atoms with van der Waals surface area (Å²) in [7, 11) is 0. The summed E-state index contributed by atoms with van der Waals surface area (Å²) in [5.41, 5.74) is 2.11. The van der Waals surface area contributed by atoms with Gasteiger partial charge >= 0.3 is 0 Å². The van der Waals surface area contributed by atoms with Crippen LogP contribution in [-0.2, 0) is 24.2 Å². The van der Waals surface area contributed by atoms with E-state index in [1.807, 2.05) is 4.68 Å². The molecule has 1 heterocycles. The molecule has 0 aliphatic heterocycles. The Morgan fingerprint density at radius 3 is 2.72 bits per heavy atom. The average Bonchev–Trinajstić information content (AvgIpc) is 2.71. The smallest absolute Gasteiger partial charge is 0.140 e. The van der Waals surface area contributed by atoms with Gasteiger partial charge in [0.1, 0.15) is 5.78 Å². The number of nitrogens with one attached hydrogen (secondary N) is 1. The lowest BCUT2D eigenvalue weighted by molar-refractivity contribution is -0.118. The van der Waals surface area contributed by atoms with Gasteiger partial charge in [-0.15, -0.1) is 0 Å². The number of rotatable bonds is 8. The first-order valence-corrected chi connectivity index (χ1v) is 6.91. The van der Waals surface area contributed by atoms with E-state index >= 15 is 0 Å². The molecule has 18 heavy (non-hydrogen) atoms. The summed E-state index contributed by atoms with van der Waals surface area (Å²) < 4.78 is 1.94. The van der Waals surface area contributed by atoms with Gasteiger partial charge in [0.25, 0.3) is 0 Å². The number of aromatic nitrogens is 2. The lowest BCUT2D eigenvalue weighted by Gasteiger charge is -2.11. The fourth-order valence-electron chi connectivity index (χ4n) is 2.14. The van der Waals surface area contributed by atoms with Crippen molar-refractivity contribution in [2.24, 2.45) is 0 Å². The van der Waals surface area contributed by atoms with E-state index in [2.05, 4.69) is 44.2 Å². The molecular formula is C14H25N3O. The summed E-state index contributed by atoms with van der Waals surface area (Å²) in [6, 6.07) is 2.31. The highest BCUT2D eigenvalue weighted by molar-refractivity contribution is 5.81. The number of carbonyl (C=O) groups excluding carboxylic acids is 1. The molecule has 1 unspecified atom stereocenters. The molecule has 0 fully saturated rings. The molecule has 1 N–H and O–H groups in total. The number of hydrogen-bond acceptors (Lipinski definition) is 3. The summed E-state index contributed by atoms with van der Waals surface area (Å²) in [5.74, 6) is 0.278. The Bertz CT molecular complexity index is 384. The van der Waals surface area contributed by atoms with Crippen LogP contribution in [0.2, 0.25) is 0 Å². The Hall–Kier alpha value is -1.16. The molecule has 1 aromatic rings. The lowest BCUT2D eigenvalue weighted by Crippen LogP contribution is -2.28. The highest BCUT2D eigenvalue weighted by atomic mass is 16.1. The molecule has 4 heteroatoms. The zero-order valence-corrected chi connectivity index (χ0v) is 12.0. The average molecular weight is 251 g/mol. The van der Waals surface area contributed by atoms with Crippen molar-refractivity contribution >= 4 is 5.78 Å². The fraction of sp³-hybridized carbons (Fsp3) is 0.714. The van der Waals surface area contributed by atoms with Gasteiger partial charge in [0, 0.05) is 31.1 Å². The Labute approximate surface area is 110 Å². The predicted octanol–water partition coefficient (Wildman–Crippen LogP) is 1.97. The first kappa shape index (κ1) is 14.9. The van der Waals surface area contributed by atoms with E-state index in [1.165, 1.54) is 0 Å². The van der Waals surface area contributed by atoms with E-state index in [-0.39, 0.29) is 11.8 Å². The highest BCUT2D eigenvalue weighted by Crippen LogP contribution is 2.08. The number of Topliss-reactive ketones (excluding diaryl/α,β-unsaturated/α-hetero) is 1. The van der Waals surface area contributed by atoms with Crippen LogP contribution in [0.15, 0.2) is 6.07 Å². The molecule has 0 amide bonds. The van der Waals surface area contributed by atoms with Crippen molar-refractivity contribution in [2.45, 2.75) is 59.5 Å². The van der Waals surface area contributed by atoms with Gasteiger partial charge in [0.05, 0.1) is 5.69 Å². The minimum atomic E-state index is 0.256. The summed E-state index contributed by atoms with van der Waals surface area (Å²) in [5, 5.41) is 7.73. The maximum absolute atomic E-state index is 12.0. The van der Waals surface area contributed by atoms with Crippen LogP contribution in [0, 0.1) is 0 Å². The van der Waals surface area contributed by atoms with Crippen LogP contribution in [0.4, 0.5) is 0 Å². The van der Waals surface area contributed by atoms with Crippen molar-refractivity contribution in [1.82, 2.24) is 15.1 Å². The number of carbonyl (C=O) groups is 1. The molecule has 1 aromatic heterocycles. The monoisotopic (exact) mass is 251 g/mol. The topological polar surface area (TPSA) is 46.9 Å². The quantitative estimate of drug-likeness (QED) is 0.768. The van der Waals surface area contributed by atoms with Crippen LogP contribution in [0.1, 0.15) is 45.5 Å². The molecule has 0 aromatic carbocycles. The van der Waals surface area contributed by atoms with Crippen LogP contribution < -0.4 is 5.32 Å². The Balaban J connectivity index is 2.60. The van der Waals surface area contributed by atoms with E-state index < -0.39 is 0 Å². The van der Waals surface area contributed by atoms with Gasteiger partial charge in [-0.05, 0) is 32.9 Å². The second-order valence-corrected chi connectivity index (χ2v) is 4.67. The normalized spacial score (nSPS) is 12.7. The molecule has 0 saturated carbocycles. The zero-order valence-electron chi connectivity index (χ0n) is 12.0. The van der Waals surface area contributed by atoms with Gasteiger partial charge in [0.15, 0.2) is 0 Å². The van der Waals surface area contributed by atoms with E-state index in [1.54, 1.807) is 0 Å². The summed E-state index contributed by atoms with van der Waals surface area (Å²) in [6.45, 7) is 9.98. The lowest BCUT2D eigenvalue weighted by atomic mass is 10.1. The Morgan fingerprint density at radius 2 is 2.17 bits per heavy atom.